The van der Waals surface area contributed by atoms with Crippen LogP contribution in [0.5, 0.6) is 0 Å². The highest BCUT2D eigenvalue weighted by Crippen LogP contribution is 2.39. The molecule has 0 radical (unpaired) electrons. The quantitative estimate of drug-likeness (QED) is 0.171. The van der Waals surface area contributed by atoms with Crippen molar-refractivity contribution in [3.05, 3.63) is 200 Å². The number of aromatic nitrogens is 5. The molecule has 0 aliphatic rings. The Bertz CT molecular complexity index is 3230. The van der Waals surface area contributed by atoms with Crippen LogP contribution in [0.15, 0.2) is 194 Å². The van der Waals surface area contributed by atoms with E-state index in [9.17, 15) is 0 Å². The number of hydrogen-bond acceptors (Lipinski definition) is 3. The molecule has 3 aromatic heterocycles. The lowest BCUT2D eigenvalue weighted by Gasteiger charge is -2.13. The summed E-state index contributed by atoms with van der Waals surface area (Å²) in [4.78, 5) is 15.1. The zero-order valence-corrected chi connectivity index (χ0v) is 31.2. The van der Waals surface area contributed by atoms with Crippen molar-refractivity contribution in [2.24, 2.45) is 0 Å². The molecule has 0 amide bonds. The van der Waals surface area contributed by atoms with Gasteiger partial charge in [-0.25, -0.2) is 15.0 Å². The molecule has 57 heavy (non-hydrogen) atoms. The van der Waals surface area contributed by atoms with Gasteiger partial charge >= 0.3 is 0 Å². The monoisotopic (exact) mass is 729 g/mol. The van der Waals surface area contributed by atoms with Crippen molar-refractivity contribution in [1.29, 1.82) is 0 Å². The lowest BCUT2D eigenvalue weighted by molar-refractivity contribution is 1.07. The van der Waals surface area contributed by atoms with Gasteiger partial charge in [0.25, 0.3) is 0 Å². The van der Waals surface area contributed by atoms with Gasteiger partial charge in [-0.3, -0.25) is 0 Å². The van der Waals surface area contributed by atoms with E-state index in [0.29, 0.717) is 17.5 Å². The van der Waals surface area contributed by atoms with Crippen LogP contribution in [0.4, 0.5) is 0 Å². The second-order valence-corrected chi connectivity index (χ2v) is 14.6. The third kappa shape index (κ3) is 5.59. The molecule has 5 heteroatoms. The van der Waals surface area contributed by atoms with Crippen molar-refractivity contribution in [2.75, 3.05) is 0 Å². The summed E-state index contributed by atoms with van der Waals surface area (Å²) in [6, 6.07) is 68.7. The average molecular weight is 730 g/mol. The molecule has 0 saturated heterocycles. The van der Waals surface area contributed by atoms with Crippen molar-refractivity contribution in [3.63, 3.8) is 0 Å². The van der Waals surface area contributed by atoms with Gasteiger partial charge in [0.05, 0.1) is 22.1 Å². The van der Waals surface area contributed by atoms with Crippen LogP contribution in [0.2, 0.25) is 0 Å². The van der Waals surface area contributed by atoms with Crippen LogP contribution >= 0.6 is 0 Å². The first-order valence-electron chi connectivity index (χ1n) is 19.3. The molecule has 0 bridgehead atoms. The van der Waals surface area contributed by atoms with Gasteiger partial charge < -0.3 is 9.13 Å². The molecule has 0 unspecified atom stereocenters. The van der Waals surface area contributed by atoms with Crippen LogP contribution < -0.4 is 0 Å². The van der Waals surface area contributed by atoms with Crippen LogP contribution in [-0.2, 0) is 0 Å². The molecule has 0 aliphatic heterocycles. The first-order valence-corrected chi connectivity index (χ1v) is 19.3. The number of aryl methyl sites for hydroxylation is 1. The summed E-state index contributed by atoms with van der Waals surface area (Å²) >= 11 is 0. The zero-order chi connectivity index (χ0) is 37.9. The van der Waals surface area contributed by atoms with Crippen LogP contribution in [0.25, 0.3) is 100 Å². The van der Waals surface area contributed by atoms with Gasteiger partial charge in [0.2, 0.25) is 0 Å². The molecule has 0 saturated carbocycles. The number of fused-ring (bicyclic) bond motifs is 6. The van der Waals surface area contributed by atoms with Crippen molar-refractivity contribution in [2.45, 2.75) is 6.92 Å². The minimum absolute atomic E-state index is 0.636. The summed E-state index contributed by atoms with van der Waals surface area (Å²) in [5.74, 6) is 1.93. The van der Waals surface area contributed by atoms with E-state index in [1.165, 1.54) is 38.1 Å². The molecule has 11 rings (SSSR count). The van der Waals surface area contributed by atoms with Gasteiger partial charge in [-0.15, -0.1) is 0 Å². The molecule has 0 N–H and O–H groups in total. The molecule has 0 fully saturated rings. The van der Waals surface area contributed by atoms with E-state index >= 15 is 0 Å². The van der Waals surface area contributed by atoms with Crippen molar-refractivity contribution < 1.29 is 0 Å². The van der Waals surface area contributed by atoms with Crippen LogP contribution in [0.3, 0.4) is 0 Å². The summed E-state index contributed by atoms with van der Waals surface area (Å²) in [5, 5.41) is 4.89. The zero-order valence-electron chi connectivity index (χ0n) is 31.2. The normalized spacial score (nSPS) is 11.6. The predicted octanol–water partition coefficient (Wildman–Crippen LogP) is 13.0. The minimum atomic E-state index is 0.636. The molecular formula is C52H35N5. The summed E-state index contributed by atoms with van der Waals surface area (Å²) in [7, 11) is 0. The predicted molar refractivity (Wildman–Crippen MR) is 235 cm³/mol. The minimum Gasteiger partial charge on any atom is -0.309 e. The number of para-hydroxylation sites is 3. The highest BCUT2D eigenvalue weighted by Gasteiger charge is 2.18. The Morgan fingerprint density at radius 3 is 1.42 bits per heavy atom. The van der Waals surface area contributed by atoms with E-state index < -0.39 is 0 Å². The first-order chi connectivity index (χ1) is 28.2. The maximum Gasteiger partial charge on any atom is 0.164 e. The fourth-order valence-corrected chi connectivity index (χ4v) is 8.39. The summed E-state index contributed by atoms with van der Waals surface area (Å²) < 4.78 is 4.75. The molecule has 3 heterocycles. The maximum absolute atomic E-state index is 5.08. The van der Waals surface area contributed by atoms with Crippen LogP contribution in [0.1, 0.15) is 5.56 Å². The Morgan fingerprint density at radius 1 is 0.298 bits per heavy atom. The molecule has 5 nitrogen and oxygen atoms in total. The van der Waals surface area contributed by atoms with Gasteiger partial charge in [-0.2, -0.15) is 0 Å². The Morgan fingerprint density at radius 2 is 0.772 bits per heavy atom. The van der Waals surface area contributed by atoms with E-state index in [1.807, 2.05) is 60.7 Å². The molecule has 268 valence electrons. The SMILES string of the molecule is Cc1cc(-c2nc(-c3ccccc3)nc(-c3ccccc3)n2)cc(-n2c3ccccc3c3ccc(-c4ccc5c(c4)c4ccccc4n5-c4ccccc4)cc32)c1. The van der Waals surface area contributed by atoms with Gasteiger partial charge in [-0.1, -0.05) is 133 Å². The lowest BCUT2D eigenvalue weighted by Crippen LogP contribution is -2.01. The summed E-state index contributed by atoms with van der Waals surface area (Å²) in [6.07, 6.45) is 0. The summed E-state index contributed by atoms with van der Waals surface area (Å²) in [5.41, 5.74) is 13.2. The standard InChI is InChI=1S/C52H35N5/c1-34-29-39(52-54-50(35-15-5-2-6-16-35)53-51(55-52)36-17-7-3-8-18-36)31-41(30-34)57-46-23-13-11-21-42(46)44-27-25-38(33-49(44)57)37-26-28-48-45(32-37)43-22-12-14-24-47(43)56(48)40-19-9-4-10-20-40/h2-33H,1H3. The highest BCUT2D eigenvalue weighted by molar-refractivity contribution is 6.12. The Hall–Kier alpha value is -7.63. The Balaban J connectivity index is 1.09. The largest absolute Gasteiger partial charge is 0.309 e. The van der Waals surface area contributed by atoms with Gasteiger partial charge in [0, 0.05) is 49.6 Å². The smallest absolute Gasteiger partial charge is 0.164 e. The Kier molecular flexibility index (Phi) is 7.64. The molecular weight excluding hydrogens is 695 g/mol. The van der Waals surface area contributed by atoms with Crippen LogP contribution in [0, 0.1) is 6.92 Å². The number of nitrogens with zero attached hydrogens (tertiary/aromatic N) is 5. The molecule has 8 aromatic carbocycles. The summed E-state index contributed by atoms with van der Waals surface area (Å²) in [6.45, 7) is 2.14. The van der Waals surface area contributed by atoms with Crippen molar-refractivity contribution in [3.8, 4) is 56.7 Å². The maximum atomic E-state index is 5.08. The number of rotatable bonds is 6. The van der Waals surface area contributed by atoms with Crippen molar-refractivity contribution in [1.82, 2.24) is 24.1 Å². The second kappa shape index (κ2) is 13.3. The van der Waals surface area contributed by atoms with E-state index in [1.54, 1.807) is 0 Å². The van der Waals surface area contributed by atoms with Gasteiger partial charge in [0.15, 0.2) is 17.5 Å². The third-order valence-electron chi connectivity index (χ3n) is 11.0. The molecule has 0 spiro atoms. The molecule has 11 aromatic rings. The fourth-order valence-electron chi connectivity index (χ4n) is 8.39. The third-order valence-corrected chi connectivity index (χ3v) is 11.0. The Labute approximate surface area is 329 Å². The van der Waals surface area contributed by atoms with E-state index in [2.05, 4.69) is 150 Å². The molecule has 0 aliphatic carbocycles. The number of benzene rings is 8. The van der Waals surface area contributed by atoms with Gasteiger partial charge in [-0.05, 0) is 84.3 Å². The fraction of sp³-hybridized carbons (Fsp3) is 0.0192. The topological polar surface area (TPSA) is 48.5 Å². The second-order valence-electron chi connectivity index (χ2n) is 14.6. The van der Waals surface area contributed by atoms with Crippen molar-refractivity contribution >= 4 is 43.6 Å². The number of hydrogen-bond donors (Lipinski definition) is 0. The highest BCUT2D eigenvalue weighted by atomic mass is 15.0. The van der Waals surface area contributed by atoms with E-state index in [-0.39, 0.29) is 0 Å². The average Bonchev–Trinajstić information content (AvgIpc) is 3.79. The van der Waals surface area contributed by atoms with E-state index in [0.717, 1.165) is 50.2 Å². The first kappa shape index (κ1) is 32.8. The van der Waals surface area contributed by atoms with Crippen LogP contribution in [-0.4, -0.2) is 24.1 Å². The molecule has 0 atom stereocenters. The van der Waals surface area contributed by atoms with Gasteiger partial charge in [0.1, 0.15) is 0 Å². The van der Waals surface area contributed by atoms with E-state index in [4.69, 9.17) is 15.0 Å². The lowest BCUT2D eigenvalue weighted by atomic mass is 10.0.